The molecule has 3 nitrogen and oxygen atoms in total. The highest BCUT2D eigenvalue weighted by molar-refractivity contribution is 5.69. The van der Waals surface area contributed by atoms with Crippen molar-refractivity contribution in [3.05, 3.63) is 0 Å². The molecule has 0 aromatic carbocycles. The summed E-state index contributed by atoms with van der Waals surface area (Å²) in [6.45, 7) is 1.99. The van der Waals surface area contributed by atoms with Crippen LogP contribution in [0.4, 0.5) is 0 Å². The van der Waals surface area contributed by atoms with Crippen LogP contribution in [0.25, 0.3) is 0 Å². The van der Waals surface area contributed by atoms with E-state index in [1.165, 1.54) is 0 Å². The van der Waals surface area contributed by atoms with Crippen molar-refractivity contribution in [1.82, 2.24) is 0 Å². The zero-order valence-electron chi connectivity index (χ0n) is 9.12. The molecule has 1 saturated carbocycles. The maximum absolute atomic E-state index is 11.2. The number of methoxy groups -OCH3 is 1. The molecule has 0 bridgehead atoms. The molecular weight excluding hydrogens is 180 g/mol. The number of rotatable bonds is 4. The minimum atomic E-state index is -0.0609. The van der Waals surface area contributed by atoms with E-state index in [2.05, 4.69) is 0 Å². The second kappa shape index (κ2) is 6.02. The number of hydrogen-bond donors (Lipinski definition) is 0. The Hall–Kier alpha value is -0.570. The van der Waals surface area contributed by atoms with E-state index in [4.69, 9.17) is 9.47 Å². The van der Waals surface area contributed by atoms with Crippen LogP contribution < -0.4 is 0 Å². The number of hydrogen-bond acceptors (Lipinski definition) is 3. The Morgan fingerprint density at radius 1 is 1.36 bits per heavy atom. The van der Waals surface area contributed by atoms with Gasteiger partial charge in [0.1, 0.15) is 6.10 Å². The fourth-order valence-corrected chi connectivity index (χ4v) is 1.87. The smallest absolute Gasteiger partial charge is 0.306 e. The first kappa shape index (κ1) is 11.5. The van der Waals surface area contributed by atoms with E-state index in [0.717, 1.165) is 32.1 Å². The maximum atomic E-state index is 11.2. The van der Waals surface area contributed by atoms with Crippen molar-refractivity contribution in [3.63, 3.8) is 0 Å². The Bertz CT molecular complexity index is 179. The third-order valence-corrected chi connectivity index (χ3v) is 2.66. The van der Waals surface area contributed by atoms with Crippen molar-refractivity contribution in [1.29, 1.82) is 0 Å². The summed E-state index contributed by atoms with van der Waals surface area (Å²) in [7, 11) is 1.72. The predicted octanol–water partition coefficient (Wildman–Crippen LogP) is 2.29. The largest absolute Gasteiger partial charge is 0.462 e. The van der Waals surface area contributed by atoms with E-state index in [9.17, 15) is 4.79 Å². The Kier molecular flexibility index (Phi) is 4.94. The molecule has 0 amide bonds. The SMILES string of the molecule is CCCC(=O)O[C@@H]1CCC[C@H](OC)C1. The summed E-state index contributed by atoms with van der Waals surface area (Å²) in [6, 6.07) is 0. The molecule has 1 rings (SSSR count). The molecule has 1 aliphatic carbocycles. The molecule has 0 unspecified atom stereocenters. The zero-order valence-corrected chi connectivity index (χ0v) is 9.12. The van der Waals surface area contributed by atoms with Crippen molar-refractivity contribution in [2.45, 2.75) is 57.7 Å². The van der Waals surface area contributed by atoms with Crippen molar-refractivity contribution >= 4 is 5.97 Å². The highest BCUT2D eigenvalue weighted by atomic mass is 16.5. The molecule has 0 saturated heterocycles. The first-order valence-electron chi connectivity index (χ1n) is 5.48. The number of carbonyl (C=O) groups is 1. The summed E-state index contributed by atoms with van der Waals surface area (Å²) in [5.41, 5.74) is 0. The van der Waals surface area contributed by atoms with E-state index in [1.807, 2.05) is 6.92 Å². The van der Waals surface area contributed by atoms with Crippen molar-refractivity contribution in [3.8, 4) is 0 Å². The third-order valence-electron chi connectivity index (χ3n) is 2.66. The molecule has 0 N–H and O–H groups in total. The van der Waals surface area contributed by atoms with Gasteiger partial charge in [-0.1, -0.05) is 6.92 Å². The van der Waals surface area contributed by atoms with Crippen molar-refractivity contribution in [2.24, 2.45) is 0 Å². The molecule has 14 heavy (non-hydrogen) atoms. The van der Waals surface area contributed by atoms with Gasteiger partial charge in [-0.3, -0.25) is 4.79 Å². The molecule has 0 aromatic rings. The lowest BCUT2D eigenvalue weighted by Gasteiger charge is -2.27. The summed E-state index contributed by atoms with van der Waals surface area (Å²) < 4.78 is 10.6. The van der Waals surface area contributed by atoms with Gasteiger partial charge in [0.2, 0.25) is 0 Å². The van der Waals surface area contributed by atoms with Crippen LogP contribution in [-0.4, -0.2) is 25.3 Å². The van der Waals surface area contributed by atoms with Crippen LogP contribution in [0.5, 0.6) is 0 Å². The Morgan fingerprint density at radius 3 is 2.71 bits per heavy atom. The lowest BCUT2D eigenvalue weighted by Crippen LogP contribution is -2.29. The standard InChI is InChI=1S/C11H20O3/c1-3-5-11(12)14-10-7-4-6-9(8-10)13-2/h9-10H,3-8H2,1-2H3/t9-,10+/m0/s1. The van der Waals surface area contributed by atoms with E-state index in [1.54, 1.807) is 7.11 Å². The summed E-state index contributed by atoms with van der Waals surface area (Å²) >= 11 is 0. The molecule has 0 aromatic heterocycles. The van der Waals surface area contributed by atoms with Gasteiger partial charge in [-0.25, -0.2) is 0 Å². The highest BCUT2D eigenvalue weighted by Gasteiger charge is 2.24. The summed E-state index contributed by atoms with van der Waals surface area (Å²) in [5.74, 6) is -0.0609. The summed E-state index contributed by atoms with van der Waals surface area (Å²) in [5, 5.41) is 0. The summed E-state index contributed by atoms with van der Waals surface area (Å²) in [6.07, 6.45) is 5.83. The van der Waals surface area contributed by atoms with Gasteiger partial charge in [0.05, 0.1) is 6.10 Å². The Morgan fingerprint density at radius 2 is 2.07 bits per heavy atom. The summed E-state index contributed by atoms with van der Waals surface area (Å²) in [4.78, 5) is 11.2. The van der Waals surface area contributed by atoms with Gasteiger partial charge in [-0.05, 0) is 25.7 Å². The Balaban J connectivity index is 2.26. The van der Waals surface area contributed by atoms with Gasteiger partial charge in [0.15, 0.2) is 0 Å². The molecule has 0 heterocycles. The van der Waals surface area contributed by atoms with Gasteiger partial charge in [0, 0.05) is 20.0 Å². The van der Waals surface area contributed by atoms with E-state index in [-0.39, 0.29) is 18.2 Å². The van der Waals surface area contributed by atoms with E-state index < -0.39 is 0 Å². The van der Waals surface area contributed by atoms with Crippen LogP contribution in [0.15, 0.2) is 0 Å². The first-order valence-corrected chi connectivity index (χ1v) is 5.48. The number of ether oxygens (including phenoxy) is 2. The minimum Gasteiger partial charge on any atom is -0.462 e. The molecule has 0 radical (unpaired) electrons. The number of carbonyl (C=O) groups excluding carboxylic acids is 1. The van der Waals surface area contributed by atoms with Gasteiger partial charge >= 0.3 is 5.97 Å². The van der Waals surface area contributed by atoms with Crippen LogP contribution in [0, 0.1) is 0 Å². The molecule has 1 aliphatic rings. The van der Waals surface area contributed by atoms with Gasteiger partial charge in [-0.15, -0.1) is 0 Å². The van der Waals surface area contributed by atoms with Crippen LogP contribution in [0.3, 0.4) is 0 Å². The minimum absolute atomic E-state index is 0.0609. The maximum Gasteiger partial charge on any atom is 0.306 e. The lowest BCUT2D eigenvalue weighted by atomic mass is 9.95. The average Bonchev–Trinajstić information content (AvgIpc) is 2.18. The van der Waals surface area contributed by atoms with Crippen LogP contribution in [0.1, 0.15) is 45.4 Å². The first-order chi connectivity index (χ1) is 6.76. The second-order valence-electron chi connectivity index (χ2n) is 3.89. The zero-order chi connectivity index (χ0) is 10.4. The van der Waals surface area contributed by atoms with Crippen molar-refractivity contribution in [2.75, 3.05) is 7.11 Å². The van der Waals surface area contributed by atoms with Crippen LogP contribution in [-0.2, 0) is 14.3 Å². The molecule has 3 heteroatoms. The second-order valence-corrected chi connectivity index (χ2v) is 3.89. The lowest BCUT2D eigenvalue weighted by molar-refractivity contribution is -0.152. The molecule has 2 atom stereocenters. The van der Waals surface area contributed by atoms with E-state index in [0.29, 0.717) is 6.42 Å². The fraction of sp³-hybridized carbons (Fsp3) is 0.909. The van der Waals surface area contributed by atoms with Gasteiger partial charge < -0.3 is 9.47 Å². The monoisotopic (exact) mass is 200 g/mol. The van der Waals surface area contributed by atoms with Gasteiger partial charge in [-0.2, -0.15) is 0 Å². The van der Waals surface area contributed by atoms with Gasteiger partial charge in [0.25, 0.3) is 0 Å². The van der Waals surface area contributed by atoms with Crippen LogP contribution in [0.2, 0.25) is 0 Å². The molecule has 0 spiro atoms. The predicted molar refractivity (Wildman–Crippen MR) is 54.1 cm³/mol. The van der Waals surface area contributed by atoms with Crippen molar-refractivity contribution < 1.29 is 14.3 Å². The molecular formula is C11H20O3. The fourth-order valence-electron chi connectivity index (χ4n) is 1.87. The topological polar surface area (TPSA) is 35.5 Å². The van der Waals surface area contributed by atoms with Crippen LogP contribution >= 0.6 is 0 Å². The Labute approximate surface area is 85.8 Å². The molecule has 0 aliphatic heterocycles. The highest BCUT2D eigenvalue weighted by Crippen LogP contribution is 2.23. The normalized spacial score (nSPS) is 27.3. The number of esters is 1. The third kappa shape index (κ3) is 3.66. The average molecular weight is 200 g/mol. The molecule has 1 fully saturated rings. The quantitative estimate of drug-likeness (QED) is 0.653. The molecule has 82 valence electrons. The van der Waals surface area contributed by atoms with E-state index >= 15 is 0 Å².